The molecule has 29 heavy (non-hydrogen) atoms. The van der Waals surface area contributed by atoms with E-state index in [0.717, 1.165) is 42.7 Å². The van der Waals surface area contributed by atoms with Crippen molar-refractivity contribution >= 4 is 52.3 Å². The van der Waals surface area contributed by atoms with E-state index in [-0.39, 0.29) is 18.3 Å². The topological polar surface area (TPSA) is 67.3 Å². The lowest BCUT2D eigenvalue weighted by atomic mass is 10.1. The van der Waals surface area contributed by atoms with Crippen molar-refractivity contribution in [2.75, 3.05) is 25.5 Å². The normalized spacial score (nSPS) is 13.3. The zero-order valence-electron chi connectivity index (χ0n) is 16.2. The van der Waals surface area contributed by atoms with E-state index >= 15 is 0 Å². The van der Waals surface area contributed by atoms with Crippen LogP contribution in [0.15, 0.2) is 36.5 Å². The molecule has 0 spiro atoms. The summed E-state index contributed by atoms with van der Waals surface area (Å²) in [6, 6.07) is 9.29. The van der Waals surface area contributed by atoms with Crippen LogP contribution in [-0.2, 0) is 0 Å². The second-order valence-corrected chi connectivity index (χ2v) is 7.25. The molecule has 0 saturated carbocycles. The Kier molecular flexibility index (Phi) is 6.45. The molecule has 1 saturated heterocycles. The Morgan fingerprint density at radius 2 is 1.97 bits per heavy atom. The first-order valence-corrected chi connectivity index (χ1v) is 9.61. The summed E-state index contributed by atoms with van der Waals surface area (Å²) < 4.78 is 5.22. The van der Waals surface area contributed by atoms with Gasteiger partial charge in [-0.3, -0.25) is 4.79 Å². The molecule has 1 aliphatic heterocycles. The van der Waals surface area contributed by atoms with Gasteiger partial charge in [0.1, 0.15) is 5.75 Å². The van der Waals surface area contributed by atoms with Crippen LogP contribution in [-0.4, -0.2) is 41.0 Å². The van der Waals surface area contributed by atoms with Crippen molar-refractivity contribution < 1.29 is 9.53 Å². The maximum absolute atomic E-state index is 13.1. The molecule has 1 aliphatic rings. The molecule has 1 N–H and O–H groups in total. The summed E-state index contributed by atoms with van der Waals surface area (Å²) in [6.45, 7) is 3.47. The van der Waals surface area contributed by atoms with Gasteiger partial charge in [-0.2, -0.15) is 0 Å². The molecule has 4 rings (SSSR count). The third-order valence-corrected chi connectivity index (χ3v) is 5.21. The number of anilines is 2. The Labute approximate surface area is 180 Å². The van der Waals surface area contributed by atoms with Crippen LogP contribution in [0.25, 0.3) is 11.0 Å². The highest BCUT2D eigenvalue weighted by Gasteiger charge is 2.24. The van der Waals surface area contributed by atoms with Crippen molar-refractivity contribution in [3.05, 3.63) is 52.8 Å². The Hall–Kier alpha value is -2.57. The number of rotatable bonds is 4. The van der Waals surface area contributed by atoms with Gasteiger partial charge in [0, 0.05) is 36.1 Å². The summed E-state index contributed by atoms with van der Waals surface area (Å²) in [7, 11) is 1.57. The quantitative estimate of drug-likeness (QED) is 0.627. The first-order chi connectivity index (χ1) is 13.6. The summed E-state index contributed by atoms with van der Waals surface area (Å²) in [5.41, 5.74) is 3.45. The molecule has 3 aromatic rings. The molecule has 0 unspecified atom stereocenters. The summed E-state index contributed by atoms with van der Waals surface area (Å²) in [5, 5.41) is 4.65. The second kappa shape index (κ2) is 8.84. The number of nitrogens with zero attached hydrogens (tertiary/aromatic N) is 3. The maximum Gasteiger partial charge on any atom is 0.257 e. The van der Waals surface area contributed by atoms with Gasteiger partial charge in [-0.05, 0) is 50.1 Å². The van der Waals surface area contributed by atoms with Gasteiger partial charge in [0.2, 0.25) is 0 Å². The van der Waals surface area contributed by atoms with E-state index in [1.807, 2.05) is 30.0 Å². The van der Waals surface area contributed by atoms with E-state index in [1.54, 1.807) is 25.4 Å². The van der Waals surface area contributed by atoms with Crippen molar-refractivity contribution in [3.8, 4) is 5.75 Å². The fourth-order valence-corrected chi connectivity index (χ4v) is 3.71. The third-order valence-electron chi connectivity index (χ3n) is 4.91. The number of pyridine rings is 2. The summed E-state index contributed by atoms with van der Waals surface area (Å²) in [6.07, 6.45) is 3.68. The number of aromatic nitrogens is 2. The monoisotopic (exact) mass is 432 g/mol. The van der Waals surface area contributed by atoms with Gasteiger partial charge in [-0.1, -0.05) is 11.6 Å². The van der Waals surface area contributed by atoms with Gasteiger partial charge in [-0.25, -0.2) is 9.97 Å². The number of amides is 1. The number of nitrogens with one attached hydrogen (secondary N) is 1. The number of ether oxygens (including phenoxy) is 1. The predicted octanol–water partition coefficient (Wildman–Crippen LogP) is 5.00. The van der Waals surface area contributed by atoms with Crippen molar-refractivity contribution in [1.82, 2.24) is 14.9 Å². The molecule has 0 bridgehead atoms. The Morgan fingerprint density at radius 3 is 2.66 bits per heavy atom. The molecule has 2 aromatic heterocycles. The molecule has 0 atom stereocenters. The van der Waals surface area contributed by atoms with Crippen LogP contribution in [0.5, 0.6) is 5.75 Å². The first kappa shape index (κ1) is 21.1. The highest BCUT2D eigenvalue weighted by atomic mass is 35.5. The lowest BCUT2D eigenvalue weighted by Gasteiger charge is -2.19. The van der Waals surface area contributed by atoms with Crippen LogP contribution in [0.4, 0.5) is 11.4 Å². The largest absolute Gasteiger partial charge is 0.495 e. The molecular weight excluding hydrogens is 411 g/mol. The minimum Gasteiger partial charge on any atom is -0.495 e. The zero-order valence-corrected chi connectivity index (χ0v) is 17.8. The minimum absolute atomic E-state index is 0. The van der Waals surface area contributed by atoms with Crippen LogP contribution < -0.4 is 10.1 Å². The van der Waals surface area contributed by atoms with Gasteiger partial charge in [0.25, 0.3) is 5.91 Å². The Balaban J connectivity index is 0.00000240. The molecule has 152 valence electrons. The number of carbonyl (C=O) groups excluding carboxylic acids is 1. The van der Waals surface area contributed by atoms with Gasteiger partial charge >= 0.3 is 0 Å². The number of carbonyl (C=O) groups is 1. The number of methoxy groups -OCH3 is 1. The smallest absolute Gasteiger partial charge is 0.257 e. The number of halogens is 2. The van der Waals surface area contributed by atoms with Gasteiger partial charge in [-0.15, -0.1) is 12.4 Å². The SMILES string of the molecule is COc1ccc(Nc2c(C(=O)N3CCCC3)cnc3nc(C)ccc23)cc1Cl.Cl. The highest BCUT2D eigenvalue weighted by molar-refractivity contribution is 6.32. The van der Waals surface area contributed by atoms with Crippen molar-refractivity contribution in [3.63, 3.8) is 0 Å². The highest BCUT2D eigenvalue weighted by Crippen LogP contribution is 2.33. The number of benzene rings is 1. The fraction of sp³-hybridized carbons (Fsp3) is 0.286. The number of hydrogen-bond acceptors (Lipinski definition) is 5. The molecule has 1 amide bonds. The second-order valence-electron chi connectivity index (χ2n) is 6.84. The van der Waals surface area contributed by atoms with Gasteiger partial charge in [0.05, 0.1) is 23.4 Å². The minimum atomic E-state index is -0.0189. The van der Waals surface area contributed by atoms with Crippen molar-refractivity contribution in [2.45, 2.75) is 19.8 Å². The van der Waals surface area contributed by atoms with E-state index in [1.165, 1.54) is 0 Å². The average Bonchev–Trinajstić information content (AvgIpc) is 3.22. The van der Waals surface area contributed by atoms with E-state index in [9.17, 15) is 4.79 Å². The van der Waals surface area contributed by atoms with E-state index in [4.69, 9.17) is 16.3 Å². The van der Waals surface area contributed by atoms with Crippen LogP contribution in [0.3, 0.4) is 0 Å². The predicted molar refractivity (Wildman–Crippen MR) is 118 cm³/mol. The fourth-order valence-electron chi connectivity index (χ4n) is 3.45. The molecule has 0 radical (unpaired) electrons. The molecule has 3 heterocycles. The standard InChI is InChI=1S/C21H21ClN4O2.ClH/c1-13-5-7-15-19(25-14-6-8-18(28-2)17(22)11-14)16(12-23-20(15)24-13)21(27)26-9-3-4-10-26;/h5-8,11-12H,3-4,9-10H2,1-2H3,(H,23,24,25);1H. The summed E-state index contributed by atoms with van der Waals surface area (Å²) in [4.78, 5) is 23.9. The lowest BCUT2D eigenvalue weighted by Crippen LogP contribution is -2.28. The number of hydrogen-bond donors (Lipinski definition) is 1. The maximum atomic E-state index is 13.1. The van der Waals surface area contributed by atoms with Crippen LogP contribution in [0, 0.1) is 6.92 Å². The van der Waals surface area contributed by atoms with Crippen LogP contribution >= 0.6 is 24.0 Å². The van der Waals surface area contributed by atoms with Crippen molar-refractivity contribution in [2.24, 2.45) is 0 Å². The molecule has 1 fully saturated rings. The van der Waals surface area contributed by atoms with Crippen LogP contribution in [0.2, 0.25) is 5.02 Å². The van der Waals surface area contributed by atoms with Gasteiger partial charge in [0.15, 0.2) is 5.65 Å². The van der Waals surface area contributed by atoms with E-state index in [0.29, 0.717) is 27.7 Å². The molecular formula is C21H22Cl2N4O2. The summed E-state index contributed by atoms with van der Waals surface area (Å²) >= 11 is 6.28. The lowest BCUT2D eigenvalue weighted by molar-refractivity contribution is 0.0793. The molecule has 6 nitrogen and oxygen atoms in total. The summed E-state index contributed by atoms with van der Waals surface area (Å²) in [5.74, 6) is 0.576. The van der Waals surface area contributed by atoms with Crippen molar-refractivity contribution in [1.29, 1.82) is 0 Å². The van der Waals surface area contributed by atoms with E-state index in [2.05, 4.69) is 15.3 Å². The Bertz CT molecular complexity index is 1050. The number of aryl methyl sites for hydroxylation is 1. The molecule has 8 heteroatoms. The first-order valence-electron chi connectivity index (χ1n) is 9.23. The van der Waals surface area contributed by atoms with Gasteiger partial charge < -0.3 is 15.0 Å². The Morgan fingerprint density at radius 1 is 1.21 bits per heavy atom. The van der Waals surface area contributed by atoms with Crippen LogP contribution in [0.1, 0.15) is 28.9 Å². The molecule has 1 aromatic carbocycles. The number of fused-ring (bicyclic) bond motifs is 1. The van der Waals surface area contributed by atoms with E-state index < -0.39 is 0 Å². The number of likely N-dealkylation sites (tertiary alicyclic amines) is 1. The zero-order chi connectivity index (χ0) is 19.7. The average molecular weight is 433 g/mol. The third kappa shape index (κ3) is 4.23. The molecule has 0 aliphatic carbocycles.